The molecule has 2 atom stereocenters. The number of aromatic nitrogens is 1. The van der Waals surface area contributed by atoms with E-state index in [9.17, 15) is 9.90 Å². The predicted molar refractivity (Wildman–Crippen MR) is 75.0 cm³/mol. The lowest BCUT2D eigenvalue weighted by Gasteiger charge is -2.28. The first-order valence-corrected chi connectivity index (χ1v) is 7.12. The Morgan fingerprint density at radius 1 is 1.26 bits per heavy atom. The number of nitrogens with one attached hydrogen (secondary N) is 1. The van der Waals surface area contributed by atoms with Gasteiger partial charge in [0.2, 0.25) is 0 Å². The van der Waals surface area contributed by atoms with Crippen molar-refractivity contribution in [1.29, 1.82) is 0 Å². The van der Waals surface area contributed by atoms with Gasteiger partial charge in [-0.1, -0.05) is 47.6 Å². The second-order valence-electron chi connectivity index (χ2n) is 4.51. The number of nitrogens with zero attached hydrogens (tertiary/aromatic N) is 1. The van der Waals surface area contributed by atoms with Gasteiger partial charge in [-0.25, -0.2) is 4.98 Å². The summed E-state index contributed by atoms with van der Waals surface area (Å²) in [4.78, 5) is 16.0. The Labute approximate surface area is 126 Å². The summed E-state index contributed by atoms with van der Waals surface area (Å²) in [6.45, 7) is 0. The summed E-state index contributed by atoms with van der Waals surface area (Å²) in [6.07, 6.45) is 4.13. The van der Waals surface area contributed by atoms with Crippen molar-refractivity contribution in [2.45, 2.75) is 37.8 Å². The lowest BCUT2D eigenvalue weighted by Crippen LogP contribution is -2.45. The van der Waals surface area contributed by atoms with Crippen molar-refractivity contribution >= 4 is 40.7 Å². The van der Waals surface area contributed by atoms with Crippen molar-refractivity contribution in [2.24, 2.45) is 0 Å². The molecule has 0 spiro atoms. The Balaban J connectivity index is 2.14. The Hall–Kier alpha value is -0.550. The van der Waals surface area contributed by atoms with Crippen LogP contribution in [-0.4, -0.2) is 28.1 Å². The minimum atomic E-state index is -0.528. The van der Waals surface area contributed by atoms with Crippen LogP contribution in [0, 0.1) is 0 Å². The van der Waals surface area contributed by atoms with Crippen LogP contribution in [0.25, 0.3) is 0 Å². The first kappa shape index (κ1) is 14.9. The summed E-state index contributed by atoms with van der Waals surface area (Å²) in [5.74, 6) is -0.450. The molecule has 104 valence electrons. The third-order valence-corrected chi connectivity index (χ3v) is 4.42. The molecule has 4 nitrogen and oxygen atoms in total. The molecule has 19 heavy (non-hydrogen) atoms. The van der Waals surface area contributed by atoms with E-state index in [1.54, 1.807) is 0 Å². The van der Waals surface area contributed by atoms with Crippen LogP contribution in [0.5, 0.6) is 0 Å². The Morgan fingerprint density at radius 2 is 1.95 bits per heavy atom. The van der Waals surface area contributed by atoms with Crippen molar-refractivity contribution in [3.05, 3.63) is 27.0 Å². The predicted octanol–water partition coefficient (Wildman–Crippen LogP) is 3.08. The number of aliphatic hydroxyl groups is 1. The Kier molecular flexibility index (Phi) is 4.90. The standard InChI is InChI=1S/C12H13Cl3N2O2/c13-6-5-16-11(10(15)9(6)14)12(19)17-7-3-1-2-4-8(7)18/h5,7-8,18H,1-4H2,(H,17,19)/t7-,8-/m0/s1. The zero-order valence-corrected chi connectivity index (χ0v) is 12.3. The zero-order valence-electron chi connectivity index (χ0n) is 10.00. The second-order valence-corrected chi connectivity index (χ2v) is 5.68. The highest BCUT2D eigenvalue weighted by molar-refractivity contribution is 6.48. The van der Waals surface area contributed by atoms with E-state index in [1.807, 2.05) is 0 Å². The van der Waals surface area contributed by atoms with Crippen LogP contribution in [0.3, 0.4) is 0 Å². The first-order valence-electron chi connectivity index (χ1n) is 5.99. The normalized spacial score (nSPS) is 23.2. The topological polar surface area (TPSA) is 62.2 Å². The average molecular weight is 324 g/mol. The van der Waals surface area contributed by atoms with Crippen molar-refractivity contribution in [3.63, 3.8) is 0 Å². The molecule has 0 saturated heterocycles. The van der Waals surface area contributed by atoms with Gasteiger partial charge >= 0.3 is 0 Å². The molecule has 1 heterocycles. The van der Waals surface area contributed by atoms with Gasteiger partial charge in [0.25, 0.3) is 5.91 Å². The van der Waals surface area contributed by atoms with Crippen molar-refractivity contribution in [1.82, 2.24) is 10.3 Å². The fraction of sp³-hybridized carbons (Fsp3) is 0.500. The van der Waals surface area contributed by atoms with Gasteiger partial charge in [0, 0.05) is 6.20 Å². The summed E-state index contributed by atoms with van der Waals surface area (Å²) in [5.41, 5.74) is 0.0221. The van der Waals surface area contributed by atoms with Crippen LogP contribution < -0.4 is 5.32 Å². The van der Waals surface area contributed by atoms with E-state index in [2.05, 4.69) is 10.3 Å². The number of carbonyl (C=O) groups excluding carboxylic acids is 1. The maximum absolute atomic E-state index is 12.1. The monoisotopic (exact) mass is 322 g/mol. The van der Waals surface area contributed by atoms with Crippen LogP contribution >= 0.6 is 34.8 Å². The van der Waals surface area contributed by atoms with E-state index in [0.29, 0.717) is 6.42 Å². The fourth-order valence-corrected chi connectivity index (χ4v) is 2.68. The van der Waals surface area contributed by atoms with Crippen molar-refractivity contribution in [3.8, 4) is 0 Å². The van der Waals surface area contributed by atoms with E-state index < -0.39 is 12.0 Å². The van der Waals surface area contributed by atoms with Crippen molar-refractivity contribution < 1.29 is 9.90 Å². The van der Waals surface area contributed by atoms with Gasteiger partial charge in [-0.3, -0.25) is 4.79 Å². The van der Waals surface area contributed by atoms with Gasteiger partial charge in [-0.2, -0.15) is 0 Å². The maximum Gasteiger partial charge on any atom is 0.271 e. The Bertz CT molecular complexity index is 496. The number of carbonyl (C=O) groups is 1. The van der Waals surface area contributed by atoms with Gasteiger partial charge < -0.3 is 10.4 Å². The van der Waals surface area contributed by atoms with Crippen LogP contribution in [0.1, 0.15) is 36.2 Å². The molecule has 2 rings (SSSR count). The second kappa shape index (κ2) is 6.27. The summed E-state index contributed by atoms with van der Waals surface area (Å²) in [7, 11) is 0. The van der Waals surface area contributed by atoms with Gasteiger partial charge in [-0.05, 0) is 12.8 Å². The molecular formula is C12H13Cl3N2O2. The largest absolute Gasteiger partial charge is 0.391 e. The van der Waals surface area contributed by atoms with E-state index in [0.717, 1.165) is 19.3 Å². The molecule has 1 fully saturated rings. The summed E-state index contributed by atoms with van der Waals surface area (Å²) in [6, 6.07) is -0.270. The smallest absolute Gasteiger partial charge is 0.271 e. The lowest BCUT2D eigenvalue weighted by molar-refractivity contribution is 0.0714. The number of rotatable bonds is 2. The van der Waals surface area contributed by atoms with Gasteiger partial charge in [-0.15, -0.1) is 0 Å². The number of amides is 1. The fourth-order valence-electron chi connectivity index (χ4n) is 2.12. The number of hydrogen-bond acceptors (Lipinski definition) is 3. The zero-order chi connectivity index (χ0) is 14.0. The molecule has 1 saturated carbocycles. The molecule has 0 unspecified atom stereocenters. The number of aliphatic hydroxyl groups excluding tert-OH is 1. The molecule has 2 N–H and O–H groups in total. The minimum absolute atomic E-state index is 0.0221. The van der Waals surface area contributed by atoms with Crippen LogP contribution in [0.4, 0.5) is 0 Å². The molecular weight excluding hydrogens is 311 g/mol. The van der Waals surface area contributed by atoms with E-state index in [4.69, 9.17) is 34.8 Å². The molecule has 0 aromatic carbocycles. The molecule has 1 aromatic heterocycles. The van der Waals surface area contributed by atoms with E-state index in [1.165, 1.54) is 6.20 Å². The van der Waals surface area contributed by atoms with E-state index >= 15 is 0 Å². The third-order valence-electron chi connectivity index (χ3n) is 3.18. The third kappa shape index (κ3) is 3.31. The minimum Gasteiger partial charge on any atom is -0.391 e. The first-order chi connectivity index (χ1) is 9.00. The summed E-state index contributed by atoms with van der Waals surface area (Å²) in [5, 5.41) is 12.9. The van der Waals surface area contributed by atoms with E-state index in [-0.39, 0.29) is 26.8 Å². The lowest BCUT2D eigenvalue weighted by atomic mass is 9.92. The van der Waals surface area contributed by atoms with Gasteiger partial charge in [0.1, 0.15) is 5.69 Å². The molecule has 1 aliphatic carbocycles. The highest BCUT2D eigenvalue weighted by Crippen LogP contribution is 2.31. The van der Waals surface area contributed by atoms with Gasteiger partial charge in [0.05, 0.1) is 27.2 Å². The van der Waals surface area contributed by atoms with Crippen LogP contribution in [-0.2, 0) is 0 Å². The highest BCUT2D eigenvalue weighted by atomic mass is 35.5. The molecule has 1 aromatic rings. The van der Waals surface area contributed by atoms with Crippen LogP contribution in [0.2, 0.25) is 15.1 Å². The molecule has 0 bridgehead atoms. The number of halogens is 3. The SMILES string of the molecule is O=C(N[C@H]1CCCC[C@@H]1O)c1ncc(Cl)c(Cl)c1Cl. The van der Waals surface area contributed by atoms with Crippen LogP contribution in [0.15, 0.2) is 6.20 Å². The average Bonchev–Trinajstić information content (AvgIpc) is 2.39. The number of pyridine rings is 1. The molecule has 0 aliphatic heterocycles. The van der Waals surface area contributed by atoms with Crippen molar-refractivity contribution in [2.75, 3.05) is 0 Å². The molecule has 1 aliphatic rings. The molecule has 0 radical (unpaired) electrons. The summed E-state index contributed by atoms with van der Waals surface area (Å²) < 4.78 is 0. The maximum atomic E-state index is 12.1. The summed E-state index contributed by atoms with van der Waals surface area (Å²) >= 11 is 17.6. The molecule has 7 heteroatoms. The Morgan fingerprint density at radius 3 is 2.63 bits per heavy atom. The highest BCUT2D eigenvalue weighted by Gasteiger charge is 2.26. The number of hydrogen-bond donors (Lipinski definition) is 2. The van der Waals surface area contributed by atoms with Gasteiger partial charge in [0.15, 0.2) is 0 Å². The quantitative estimate of drug-likeness (QED) is 0.879. The molecule has 1 amide bonds.